The third kappa shape index (κ3) is 4.82. The average Bonchev–Trinajstić information content (AvgIpc) is 3.48. The summed E-state index contributed by atoms with van der Waals surface area (Å²) in [5, 5.41) is 9.61. The number of ether oxygens (including phenoxy) is 2. The van der Waals surface area contributed by atoms with Crippen LogP contribution in [-0.4, -0.2) is 41.3 Å². The maximum atomic E-state index is 13.6. The van der Waals surface area contributed by atoms with E-state index in [1.165, 1.54) is 0 Å². The molecule has 13 heteroatoms. The maximum Gasteiger partial charge on any atom is 0.439 e. The van der Waals surface area contributed by atoms with Crippen molar-refractivity contribution in [3.8, 4) is 11.5 Å². The Morgan fingerprint density at radius 1 is 1.10 bits per heavy atom. The van der Waals surface area contributed by atoms with Crippen LogP contribution in [0.2, 0.25) is 0 Å². The van der Waals surface area contributed by atoms with Gasteiger partial charge in [-0.25, -0.2) is 4.79 Å². The number of benzene rings is 2. The Labute approximate surface area is 224 Å². The van der Waals surface area contributed by atoms with Gasteiger partial charge in [0.1, 0.15) is 11.5 Å². The van der Waals surface area contributed by atoms with Crippen LogP contribution in [0.4, 0.5) is 18.9 Å². The number of aryl methyl sites for hydroxylation is 1. The molecule has 1 atom stereocenters. The number of amides is 2. The average molecular weight is 556 g/mol. The molecule has 1 aliphatic carbocycles. The Morgan fingerprint density at radius 2 is 1.95 bits per heavy atom. The highest BCUT2D eigenvalue weighted by Crippen LogP contribution is 2.49. The Kier molecular flexibility index (Phi) is 6.15. The minimum Gasteiger partial charge on any atom is -0.494 e. The van der Waals surface area contributed by atoms with Crippen molar-refractivity contribution in [3.63, 3.8) is 0 Å². The number of hydrogen-bond donors (Lipinski definition) is 3. The number of nitrogens with zero attached hydrogens (tertiary/aromatic N) is 1. The van der Waals surface area contributed by atoms with Crippen molar-refractivity contribution in [2.45, 2.75) is 43.8 Å². The normalized spacial score (nSPS) is 20.1. The van der Waals surface area contributed by atoms with Gasteiger partial charge < -0.3 is 20.1 Å². The molecule has 1 aromatic heterocycles. The van der Waals surface area contributed by atoms with E-state index in [-0.39, 0.29) is 36.9 Å². The fraction of sp³-hybridized carbons (Fsp3) is 0.333. The van der Waals surface area contributed by atoms with Crippen molar-refractivity contribution < 1.29 is 36.8 Å². The number of aromatic nitrogens is 2. The Balaban J connectivity index is 1.35. The molecule has 3 heterocycles. The van der Waals surface area contributed by atoms with Gasteiger partial charge in [-0.1, -0.05) is 17.3 Å². The summed E-state index contributed by atoms with van der Waals surface area (Å²) >= 11 is 0. The van der Waals surface area contributed by atoms with E-state index in [1.807, 2.05) is 6.07 Å². The fourth-order valence-corrected chi connectivity index (χ4v) is 5.55. The molecule has 10 nitrogen and oxygen atoms in total. The van der Waals surface area contributed by atoms with Crippen LogP contribution in [0.5, 0.6) is 11.5 Å². The van der Waals surface area contributed by atoms with Gasteiger partial charge in [0.25, 0.3) is 11.8 Å². The van der Waals surface area contributed by atoms with Gasteiger partial charge in [0.2, 0.25) is 0 Å². The molecule has 0 unspecified atom stereocenters. The van der Waals surface area contributed by atoms with E-state index in [4.69, 9.17) is 9.47 Å². The highest BCUT2D eigenvalue weighted by molar-refractivity contribution is 6.27. The Bertz CT molecular complexity index is 1610. The summed E-state index contributed by atoms with van der Waals surface area (Å²) in [6.07, 6.45) is -3.80. The van der Waals surface area contributed by atoms with Gasteiger partial charge in [0, 0.05) is 12.8 Å². The Hall–Kier alpha value is -4.55. The molecular weight excluding hydrogens is 533 g/mol. The molecule has 2 amide bonds. The molecule has 0 bridgehead atoms. The standard InChI is InChI=1S/C27H23F3N4O6/c28-27(29,30)7-1-9-38-16-3-4-18-15(10-16)6-8-26(18)12-17(22(24(36)33-26)23-32-25(37)40-34-23)14-2-5-20-19(11-14)31-21(35)13-39-20/h2-5,10-11H,1,6-9,12-13H2,(H,31,35)(H,33,36)(H,32,34,37)/t26-/m0/s1. The lowest BCUT2D eigenvalue weighted by atomic mass is 9.77. The number of alkyl halides is 3. The molecule has 3 aliphatic rings. The van der Waals surface area contributed by atoms with Crippen molar-refractivity contribution in [2.24, 2.45) is 0 Å². The number of rotatable bonds is 6. The van der Waals surface area contributed by atoms with E-state index < -0.39 is 29.8 Å². The van der Waals surface area contributed by atoms with Crippen molar-refractivity contribution in [1.82, 2.24) is 15.5 Å². The van der Waals surface area contributed by atoms with Crippen LogP contribution in [0, 0.1) is 0 Å². The minimum atomic E-state index is -4.23. The van der Waals surface area contributed by atoms with Crippen molar-refractivity contribution in [3.05, 3.63) is 69.5 Å². The molecule has 0 fully saturated rings. The molecule has 0 radical (unpaired) electrons. The first-order chi connectivity index (χ1) is 19.1. The summed E-state index contributed by atoms with van der Waals surface area (Å²) in [4.78, 5) is 39.7. The zero-order chi connectivity index (χ0) is 28.1. The van der Waals surface area contributed by atoms with E-state index in [0.717, 1.165) is 11.1 Å². The number of carbonyl (C=O) groups excluding carboxylic acids is 2. The lowest BCUT2D eigenvalue weighted by Gasteiger charge is -2.38. The van der Waals surface area contributed by atoms with E-state index in [2.05, 4.69) is 25.3 Å². The number of hydrogen-bond acceptors (Lipinski definition) is 7. The van der Waals surface area contributed by atoms with Gasteiger partial charge in [0.15, 0.2) is 12.4 Å². The minimum absolute atomic E-state index is 0.0221. The summed E-state index contributed by atoms with van der Waals surface area (Å²) in [5.41, 5.74) is 2.78. The van der Waals surface area contributed by atoms with Crippen LogP contribution in [0.25, 0.3) is 11.1 Å². The lowest BCUT2D eigenvalue weighted by molar-refractivity contribution is -0.136. The van der Waals surface area contributed by atoms with Gasteiger partial charge in [-0.05, 0) is 65.8 Å². The number of H-pyrrole nitrogens is 1. The van der Waals surface area contributed by atoms with Crippen LogP contribution in [0.1, 0.15) is 48.2 Å². The molecule has 2 aromatic carbocycles. The first-order valence-electron chi connectivity index (χ1n) is 12.6. The first kappa shape index (κ1) is 25.7. The van der Waals surface area contributed by atoms with E-state index in [0.29, 0.717) is 47.6 Å². The van der Waals surface area contributed by atoms with Gasteiger partial charge in [-0.15, -0.1) is 0 Å². The van der Waals surface area contributed by atoms with E-state index in [9.17, 15) is 27.6 Å². The maximum absolute atomic E-state index is 13.6. The molecule has 1 spiro atoms. The van der Waals surface area contributed by atoms with Gasteiger partial charge in [0.05, 0.1) is 23.4 Å². The van der Waals surface area contributed by atoms with Crippen LogP contribution in [-0.2, 0) is 21.5 Å². The summed E-state index contributed by atoms with van der Waals surface area (Å²) in [6, 6.07) is 10.5. The summed E-state index contributed by atoms with van der Waals surface area (Å²) in [7, 11) is 0. The molecule has 3 N–H and O–H groups in total. The molecular formula is C27H23F3N4O6. The van der Waals surface area contributed by atoms with Crippen LogP contribution < -0.4 is 25.9 Å². The summed E-state index contributed by atoms with van der Waals surface area (Å²) < 4.78 is 53.0. The third-order valence-electron chi connectivity index (χ3n) is 7.28. The number of nitrogens with one attached hydrogen (secondary N) is 3. The molecule has 40 heavy (non-hydrogen) atoms. The number of anilines is 1. The Morgan fingerprint density at radius 3 is 2.73 bits per heavy atom. The second-order valence-electron chi connectivity index (χ2n) is 9.94. The number of carbonyl (C=O) groups is 2. The largest absolute Gasteiger partial charge is 0.494 e. The highest BCUT2D eigenvalue weighted by atomic mass is 19.4. The molecule has 3 aromatic rings. The van der Waals surface area contributed by atoms with Crippen LogP contribution in [0.15, 0.2) is 45.7 Å². The quantitative estimate of drug-likeness (QED) is 0.394. The predicted molar refractivity (Wildman–Crippen MR) is 134 cm³/mol. The monoisotopic (exact) mass is 556 g/mol. The van der Waals surface area contributed by atoms with Crippen LogP contribution >= 0.6 is 0 Å². The molecule has 0 saturated heterocycles. The number of aromatic amines is 1. The van der Waals surface area contributed by atoms with Gasteiger partial charge in [-0.3, -0.25) is 19.1 Å². The molecule has 2 aliphatic heterocycles. The van der Waals surface area contributed by atoms with E-state index >= 15 is 0 Å². The number of halogens is 3. The predicted octanol–water partition coefficient (Wildman–Crippen LogP) is 3.69. The van der Waals surface area contributed by atoms with Crippen molar-refractivity contribution in [2.75, 3.05) is 18.5 Å². The first-order valence-corrected chi connectivity index (χ1v) is 12.6. The van der Waals surface area contributed by atoms with Crippen LogP contribution in [0.3, 0.4) is 0 Å². The number of fused-ring (bicyclic) bond motifs is 3. The second-order valence-corrected chi connectivity index (χ2v) is 9.94. The zero-order valence-electron chi connectivity index (χ0n) is 20.9. The molecule has 6 rings (SSSR count). The smallest absolute Gasteiger partial charge is 0.439 e. The van der Waals surface area contributed by atoms with Crippen molar-refractivity contribution >= 4 is 28.6 Å². The second kappa shape index (κ2) is 9.57. The summed E-state index contributed by atoms with van der Waals surface area (Å²) in [6.45, 7) is -0.165. The van der Waals surface area contributed by atoms with Crippen molar-refractivity contribution in [1.29, 1.82) is 0 Å². The highest BCUT2D eigenvalue weighted by Gasteiger charge is 2.46. The van der Waals surface area contributed by atoms with E-state index in [1.54, 1.807) is 30.3 Å². The molecule has 208 valence electrons. The third-order valence-corrected chi connectivity index (χ3v) is 7.28. The van der Waals surface area contributed by atoms with Gasteiger partial charge >= 0.3 is 11.9 Å². The lowest BCUT2D eigenvalue weighted by Crippen LogP contribution is -2.48. The summed E-state index contributed by atoms with van der Waals surface area (Å²) in [5.74, 6) is -0.657. The molecule has 0 saturated carbocycles. The van der Waals surface area contributed by atoms with Gasteiger partial charge in [-0.2, -0.15) is 13.2 Å². The SMILES string of the molecule is O=C1COc2ccc(C3=C(c4noc(=O)[nH]4)C(=O)N[C@@]4(CCc5cc(OCCCC(F)(F)F)ccc54)C3)cc2N1. The fourth-order valence-electron chi connectivity index (χ4n) is 5.55. The topological polar surface area (TPSA) is 136 Å². The zero-order valence-corrected chi connectivity index (χ0v) is 20.9.